The molecule has 1 aromatic rings. The molecule has 0 aliphatic heterocycles. The minimum absolute atomic E-state index is 0.0186. The van der Waals surface area contributed by atoms with E-state index >= 15 is 0 Å². The van der Waals surface area contributed by atoms with Crippen LogP contribution in [0.25, 0.3) is 0 Å². The Hall–Kier alpha value is -1.92. The van der Waals surface area contributed by atoms with Gasteiger partial charge in [0.2, 0.25) is 0 Å². The number of rotatable bonds is 2. The van der Waals surface area contributed by atoms with Crippen LogP contribution in [0.2, 0.25) is 0 Å². The summed E-state index contributed by atoms with van der Waals surface area (Å²) < 4.78 is 0. The van der Waals surface area contributed by atoms with Crippen LogP contribution in [0, 0.1) is 0 Å². The maximum absolute atomic E-state index is 10.4. The largest absolute Gasteiger partial charge is 0.478 e. The fraction of sp³-hybridized carbons (Fsp3) is 0.333. The van der Waals surface area contributed by atoms with E-state index in [0.717, 1.165) is 6.07 Å². The van der Waals surface area contributed by atoms with Crippen molar-refractivity contribution in [3.05, 3.63) is 35.4 Å². The zero-order valence-corrected chi connectivity index (χ0v) is 11.0. The van der Waals surface area contributed by atoms with Gasteiger partial charge < -0.3 is 20.8 Å². The molecular formula is C12H20N2O4. The number of hydrogen-bond donors (Lipinski definition) is 4. The second-order valence-electron chi connectivity index (χ2n) is 3.19. The number of nitrogens with one attached hydrogen (secondary N) is 2. The standard InChI is InChI=1S/C8H6O4.2C2H7N/c9-7(10)5-2-1-3-6(4-5)8(11)12;2*1-3-2/h1-4H,(H,9,10)(H,11,12);2*3H,1-2H3. The molecule has 0 fully saturated rings. The molecule has 6 heteroatoms. The average molecular weight is 256 g/mol. The topological polar surface area (TPSA) is 98.7 Å². The molecule has 0 aliphatic carbocycles. The molecule has 0 radical (unpaired) electrons. The Balaban J connectivity index is 0. The van der Waals surface area contributed by atoms with Crippen LogP contribution in [0.15, 0.2) is 24.3 Å². The fourth-order valence-corrected chi connectivity index (χ4v) is 0.785. The van der Waals surface area contributed by atoms with Crippen LogP contribution < -0.4 is 10.6 Å². The Morgan fingerprint density at radius 3 is 1.39 bits per heavy atom. The summed E-state index contributed by atoms with van der Waals surface area (Å²) in [6, 6.07) is 5.20. The van der Waals surface area contributed by atoms with Gasteiger partial charge in [-0.15, -0.1) is 0 Å². The molecule has 0 unspecified atom stereocenters. The molecule has 1 rings (SSSR count). The third-order valence-corrected chi connectivity index (χ3v) is 1.36. The summed E-state index contributed by atoms with van der Waals surface area (Å²) in [4.78, 5) is 20.8. The van der Waals surface area contributed by atoms with Crippen molar-refractivity contribution in [2.24, 2.45) is 0 Å². The summed E-state index contributed by atoms with van der Waals surface area (Å²) in [6.45, 7) is 0. The van der Waals surface area contributed by atoms with Crippen LogP contribution >= 0.6 is 0 Å². The van der Waals surface area contributed by atoms with Gasteiger partial charge in [-0.05, 0) is 46.4 Å². The number of benzene rings is 1. The highest BCUT2D eigenvalue weighted by molar-refractivity contribution is 5.93. The smallest absolute Gasteiger partial charge is 0.335 e. The Bertz CT molecular complexity index is 336. The van der Waals surface area contributed by atoms with Crippen molar-refractivity contribution in [2.45, 2.75) is 0 Å². The van der Waals surface area contributed by atoms with Crippen molar-refractivity contribution in [3.8, 4) is 0 Å². The number of hydrogen-bond acceptors (Lipinski definition) is 4. The zero-order chi connectivity index (χ0) is 14.6. The predicted octanol–water partition coefficient (Wildman–Crippen LogP) is 0.754. The van der Waals surface area contributed by atoms with E-state index in [1.807, 2.05) is 28.2 Å². The second-order valence-corrected chi connectivity index (χ2v) is 3.19. The molecule has 0 aliphatic rings. The van der Waals surface area contributed by atoms with E-state index in [9.17, 15) is 9.59 Å². The number of carboxylic acid groups (broad SMARTS) is 2. The SMILES string of the molecule is CNC.CNC.O=C(O)c1cccc(C(=O)O)c1. The van der Waals surface area contributed by atoms with E-state index in [-0.39, 0.29) is 11.1 Å². The molecule has 0 amide bonds. The van der Waals surface area contributed by atoms with Crippen molar-refractivity contribution in [2.75, 3.05) is 28.2 Å². The summed E-state index contributed by atoms with van der Waals surface area (Å²) in [6.07, 6.45) is 0. The van der Waals surface area contributed by atoms with Crippen LogP contribution in [-0.2, 0) is 0 Å². The summed E-state index contributed by atoms with van der Waals surface area (Å²) in [5.74, 6) is -2.25. The monoisotopic (exact) mass is 256 g/mol. The van der Waals surface area contributed by atoms with Crippen LogP contribution in [0.3, 0.4) is 0 Å². The molecule has 6 nitrogen and oxygen atoms in total. The fourth-order valence-electron chi connectivity index (χ4n) is 0.785. The van der Waals surface area contributed by atoms with E-state index in [2.05, 4.69) is 10.6 Å². The van der Waals surface area contributed by atoms with Crippen LogP contribution in [-0.4, -0.2) is 50.3 Å². The first-order chi connectivity index (χ1) is 8.44. The lowest BCUT2D eigenvalue weighted by Crippen LogP contribution is -2.01. The van der Waals surface area contributed by atoms with Crippen LogP contribution in [0.5, 0.6) is 0 Å². The molecule has 0 heterocycles. The predicted molar refractivity (Wildman–Crippen MR) is 70.3 cm³/mol. The van der Waals surface area contributed by atoms with Gasteiger partial charge in [0, 0.05) is 0 Å². The minimum Gasteiger partial charge on any atom is -0.478 e. The van der Waals surface area contributed by atoms with Crippen molar-refractivity contribution in [1.82, 2.24) is 10.6 Å². The maximum atomic E-state index is 10.4. The Labute approximate surface area is 107 Å². The Morgan fingerprint density at radius 1 is 0.889 bits per heavy atom. The molecule has 0 saturated carbocycles. The number of carboxylic acids is 2. The molecular weight excluding hydrogens is 236 g/mol. The minimum atomic E-state index is -1.13. The first-order valence-electron chi connectivity index (χ1n) is 5.18. The maximum Gasteiger partial charge on any atom is 0.335 e. The van der Waals surface area contributed by atoms with Gasteiger partial charge in [0.15, 0.2) is 0 Å². The highest BCUT2D eigenvalue weighted by atomic mass is 16.4. The lowest BCUT2D eigenvalue weighted by molar-refractivity contribution is 0.0696. The van der Waals surface area contributed by atoms with Crippen LogP contribution in [0.1, 0.15) is 20.7 Å². The summed E-state index contributed by atoms with van der Waals surface area (Å²) >= 11 is 0. The van der Waals surface area contributed by atoms with Crippen molar-refractivity contribution < 1.29 is 19.8 Å². The number of carbonyl (C=O) groups is 2. The average Bonchev–Trinajstić information content (AvgIpc) is 2.31. The molecule has 18 heavy (non-hydrogen) atoms. The number of aromatic carboxylic acids is 2. The molecule has 0 saturated heterocycles. The van der Waals surface area contributed by atoms with Gasteiger partial charge in [-0.25, -0.2) is 9.59 Å². The zero-order valence-electron chi connectivity index (χ0n) is 11.0. The van der Waals surface area contributed by atoms with E-state index < -0.39 is 11.9 Å². The Kier molecular flexibility index (Phi) is 11.8. The molecule has 102 valence electrons. The van der Waals surface area contributed by atoms with Gasteiger partial charge in [0.25, 0.3) is 0 Å². The quantitative estimate of drug-likeness (QED) is 0.623. The lowest BCUT2D eigenvalue weighted by atomic mass is 10.1. The second kappa shape index (κ2) is 11.6. The molecule has 1 aromatic carbocycles. The lowest BCUT2D eigenvalue weighted by Gasteiger charge is -1.95. The van der Waals surface area contributed by atoms with Gasteiger partial charge in [-0.1, -0.05) is 6.07 Å². The normalized spacial score (nSPS) is 8.22. The van der Waals surface area contributed by atoms with Gasteiger partial charge in [0.1, 0.15) is 0 Å². The first kappa shape index (κ1) is 18.4. The summed E-state index contributed by atoms with van der Waals surface area (Å²) in [5.41, 5.74) is -0.0372. The van der Waals surface area contributed by atoms with E-state index in [0.29, 0.717) is 0 Å². The highest BCUT2D eigenvalue weighted by Gasteiger charge is 2.06. The van der Waals surface area contributed by atoms with Crippen molar-refractivity contribution in [1.29, 1.82) is 0 Å². The summed E-state index contributed by atoms with van der Waals surface area (Å²) in [7, 11) is 7.50. The van der Waals surface area contributed by atoms with E-state index in [1.54, 1.807) is 0 Å². The molecule has 0 spiro atoms. The first-order valence-corrected chi connectivity index (χ1v) is 5.18. The van der Waals surface area contributed by atoms with Gasteiger partial charge >= 0.3 is 11.9 Å². The molecule has 4 N–H and O–H groups in total. The van der Waals surface area contributed by atoms with Gasteiger partial charge in [-0.2, -0.15) is 0 Å². The third kappa shape index (κ3) is 9.32. The molecule has 0 aromatic heterocycles. The van der Waals surface area contributed by atoms with E-state index in [1.165, 1.54) is 18.2 Å². The molecule has 0 atom stereocenters. The van der Waals surface area contributed by atoms with Crippen molar-refractivity contribution in [3.63, 3.8) is 0 Å². The Morgan fingerprint density at radius 2 is 1.17 bits per heavy atom. The van der Waals surface area contributed by atoms with Gasteiger partial charge in [0.05, 0.1) is 11.1 Å². The van der Waals surface area contributed by atoms with Crippen molar-refractivity contribution >= 4 is 11.9 Å². The van der Waals surface area contributed by atoms with E-state index in [4.69, 9.17) is 10.2 Å². The third-order valence-electron chi connectivity index (χ3n) is 1.36. The molecule has 0 bridgehead atoms. The van der Waals surface area contributed by atoms with Gasteiger partial charge in [-0.3, -0.25) is 0 Å². The van der Waals surface area contributed by atoms with Crippen LogP contribution in [0.4, 0.5) is 0 Å². The highest BCUT2D eigenvalue weighted by Crippen LogP contribution is 2.04. The summed E-state index contributed by atoms with van der Waals surface area (Å²) in [5, 5.41) is 22.5.